The Kier molecular flexibility index (Phi) is 4.13. The maximum Gasteiger partial charge on any atom is 0.372 e. The quantitative estimate of drug-likeness (QED) is 0.863. The number of carboxylic acids is 1. The fourth-order valence-corrected chi connectivity index (χ4v) is 2.02. The summed E-state index contributed by atoms with van der Waals surface area (Å²) in [7, 11) is 0. The molecule has 0 amide bonds. The van der Waals surface area contributed by atoms with E-state index in [1.165, 1.54) is 5.56 Å². The van der Waals surface area contributed by atoms with Crippen LogP contribution in [0.15, 0.2) is 34.7 Å². The Morgan fingerprint density at radius 3 is 2.45 bits per heavy atom. The van der Waals surface area contributed by atoms with Crippen molar-refractivity contribution in [2.24, 2.45) is 0 Å². The lowest BCUT2D eigenvalue weighted by Gasteiger charge is -2.08. The summed E-state index contributed by atoms with van der Waals surface area (Å²) >= 11 is 0. The van der Waals surface area contributed by atoms with Gasteiger partial charge in [-0.2, -0.15) is 0 Å². The van der Waals surface area contributed by atoms with Gasteiger partial charge in [-0.3, -0.25) is 0 Å². The van der Waals surface area contributed by atoms with E-state index in [-0.39, 0.29) is 5.76 Å². The van der Waals surface area contributed by atoms with Crippen molar-refractivity contribution in [3.8, 4) is 0 Å². The average Bonchev–Trinajstić information content (AvgIpc) is 2.78. The fourth-order valence-electron chi connectivity index (χ4n) is 2.02. The van der Waals surface area contributed by atoms with Crippen molar-refractivity contribution in [1.29, 1.82) is 0 Å². The van der Waals surface area contributed by atoms with Crippen LogP contribution in [-0.2, 0) is 6.54 Å². The molecule has 1 heterocycles. The monoisotopic (exact) mass is 273 g/mol. The van der Waals surface area contributed by atoms with Crippen LogP contribution in [-0.4, -0.2) is 11.1 Å². The van der Waals surface area contributed by atoms with Gasteiger partial charge in [-0.25, -0.2) is 4.79 Å². The number of carboxylic acid groups (broad SMARTS) is 1. The summed E-state index contributed by atoms with van der Waals surface area (Å²) in [6.45, 7) is 6.51. The van der Waals surface area contributed by atoms with Crippen molar-refractivity contribution < 1.29 is 14.3 Å². The van der Waals surface area contributed by atoms with E-state index < -0.39 is 5.97 Å². The number of carbonyl (C=O) groups is 1. The highest BCUT2D eigenvalue weighted by Gasteiger charge is 2.13. The van der Waals surface area contributed by atoms with E-state index in [0.29, 0.717) is 23.8 Å². The second kappa shape index (κ2) is 5.82. The average molecular weight is 273 g/mol. The van der Waals surface area contributed by atoms with E-state index in [2.05, 4.69) is 31.3 Å². The largest absolute Gasteiger partial charge is 0.475 e. The second-order valence-corrected chi connectivity index (χ2v) is 5.16. The molecule has 2 N–H and O–H groups in total. The number of nitrogens with one attached hydrogen (secondary N) is 1. The zero-order chi connectivity index (χ0) is 14.7. The Morgan fingerprint density at radius 1 is 1.30 bits per heavy atom. The molecule has 1 aromatic carbocycles. The summed E-state index contributed by atoms with van der Waals surface area (Å²) in [6, 6.07) is 9.96. The lowest BCUT2D eigenvalue weighted by molar-refractivity contribution is 0.0659. The van der Waals surface area contributed by atoms with Gasteiger partial charge in [0.15, 0.2) is 0 Å². The van der Waals surface area contributed by atoms with Gasteiger partial charge in [0.05, 0.1) is 6.54 Å². The second-order valence-electron chi connectivity index (χ2n) is 5.16. The van der Waals surface area contributed by atoms with E-state index in [0.717, 1.165) is 5.69 Å². The van der Waals surface area contributed by atoms with Gasteiger partial charge in [-0.15, -0.1) is 0 Å². The van der Waals surface area contributed by atoms with Crippen LogP contribution in [0.25, 0.3) is 0 Å². The lowest BCUT2D eigenvalue weighted by Crippen LogP contribution is -1.99. The van der Waals surface area contributed by atoms with Crippen LogP contribution in [0.2, 0.25) is 0 Å². The molecule has 1 aromatic heterocycles. The standard InChI is InChI=1S/C16H19NO3/c1-10(2)12-4-6-13(7-5-12)17-9-14-8-11(3)15(20-14)16(18)19/h4-8,10,17H,9H2,1-3H3,(H,18,19). The van der Waals surface area contributed by atoms with Crippen LogP contribution in [0.5, 0.6) is 0 Å². The maximum absolute atomic E-state index is 10.9. The number of hydrogen-bond donors (Lipinski definition) is 2. The molecule has 0 saturated carbocycles. The van der Waals surface area contributed by atoms with Gasteiger partial charge in [-0.1, -0.05) is 26.0 Å². The summed E-state index contributed by atoms with van der Waals surface area (Å²) in [5.41, 5.74) is 2.92. The predicted molar refractivity (Wildman–Crippen MR) is 78.3 cm³/mol. The van der Waals surface area contributed by atoms with Crippen molar-refractivity contribution >= 4 is 11.7 Å². The van der Waals surface area contributed by atoms with Crippen molar-refractivity contribution in [2.45, 2.75) is 33.2 Å². The summed E-state index contributed by atoms with van der Waals surface area (Å²) in [4.78, 5) is 10.9. The number of hydrogen-bond acceptors (Lipinski definition) is 3. The summed E-state index contributed by atoms with van der Waals surface area (Å²) in [5, 5.41) is 12.2. The third-order valence-electron chi connectivity index (χ3n) is 3.21. The Balaban J connectivity index is 2.01. The van der Waals surface area contributed by atoms with Gasteiger partial charge >= 0.3 is 5.97 Å². The lowest BCUT2D eigenvalue weighted by atomic mass is 10.0. The third-order valence-corrected chi connectivity index (χ3v) is 3.21. The summed E-state index contributed by atoms with van der Waals surface area (Å²) in [5.74, 6) is 0.106. The Bertz CT molecular complexity index is 597. The van der Waals surface area contributed by atoms with Gasteiger partial charge in [0.2, 0.25) is 5.76 Å². The first-order chi connectivity index (χ1) is 9.47. The molecule has 0 aliphatic carbocycles. The van der Waals surface area contributed by atoms with E-state index >= 15 is 0 Å². The minimum Gasteiger partial charge on any atom is -0.475 e. The van der Waals surface area contributed by atoms with E-state index in [4.69, 9.17) is 9.52 Å². The SMILES string of the molecule is Cc1cc(CNc2ccc(C(C)C)cc2)oc1C(=O)O. The molecule has 0 saturated heterocycles. The van der Waals surface area contributed by atoms with Gasteiger partial charge in [0, 0.05) is 11.3 Å². The Labute approximate surface area is 118 Å². The van der Waals surface area contributed by atoms with Crippen molar-refractivity contribution in [3.63, 3.8) is 0 Å². The van der Waals surface area contributed by atoms with Crippen LogP contribution in [0.3, 0.4) is 0 Å². The third kappa shape index (κ3) is 3.20. The van der Waals surface area contributed by atoms with Crippen LogP contribution in [0.4, 0.5) is 5.69 Å². The minimum absolute atomic E-state index is 0.0111. The highest BCUT2D eigenvalue weighted by molar-refractivity contribution is 5.86. The smallest absolute Gasteiger partial charge is 0.372 e. The molecule has 0 radical (unpaired) electrons. The molecule has 4 heteroatoms. The first-order valence-electron chi connectivity index (χ1n) is 6.64. The summed E-state index contributed by atoms with van der Waals surface area (Å²) in [6.07, 6.45) is 0. The van der Waals surface area contributed by atoms with Crippen LogP contribution in [0, 0.1) is 6.92 Å². The zero-order valence-corrected chi connectivity index (χ0v) is 11.9. The molecule has 106 valence electrons. The predicted octanol–water partition coefficient (Wildman–Crippen LogP) is 4.02. The normalized spacial score (nSPS) is 10.8. The van der Waals surface area contributed by atoms with Gasteiger partial charge in [0.1, 0.15) is 5.76 Å². The molecular weight excluding hydrogens is 254 g/mol. The Morgan fingerprint density at radius 2 is 1.95 bits per heavy atom. The van der Waals surface area contributed by atoms with Gasteiger partial charge < -0.3 is 14.8 Å². The van der Waals surface area contributed by atoms with Crippen LogP contribution in [0.1, 0.15) is 47.2 Å². The fraction of sp³-hybridized carbons (Fsp3) is 0.312. The molecule has 2 rings (SSSR count). The number of aryl methyl sites for hydroxylation is 1. The highest BCUT2D eigenvalue weighted by Crippen LogP contribution is 2.19. The molecular formula is C16H19NO3. The number of rotatable bonds is 5. The number of anilines is 1. The maximum atomic E-state index is 10.9. The molecule has 20 heavy (non-hydrogen) atoms. The first-order valence-corrected chi connectivity index (χ1v) is 6.64. The molecule has 0 fully saturated rings. The van der Waals surface area contributed by atoms with Crippen LogP contribution < -0.4 is 5.32 Å². The van der Waals surface area contributed by atoms with Crippen molar-refractivity contribution in [1.82, 2.24) is 0 Å². The number of furan rings is 1. The van der Waals surface area contributed by atoms with Gasteiger partial charge in [-0.05, 0) is 36.6 Å². The van der Waals surface area contributed by atoms with Crippen molar-refractivity contribution in [2.75, 3.05) is 5.32 Å². The molecule has 0 atom stereocenters. The molecule has 0 aliphatic rings. The van der Waals surface area contributed by atoms with Crippen LogP contribution >= 0.6 is 0 Å². The van der Waals surface area contributed by atoms with E-state index in [9.17, 15) is 4.79 Å². The minimum atomic E-state index is -1.03. The first kappa shape index (κ1) is 14.2. The number of aromatic carboxylic acids is 1. The number of benzene rings is 1. The topological polar surface area (TPSA) is 62.5 Å². The summed E-state index contributed by atoms with van der Waals surface area (Å²) < 4.78 is 5.30. The molecule has 0 spiro atoms. The zero-order valence-electron chi connectivity index (χ0n) is 11.9. The van der Waals surface area contributed by atoms with Gasteiger partial charge in [0.25, 0.3) is 0 Å². The van der Waals surface area contributed by atoms with Crippen molar-refractivity contribution in [3.05, 3.63) is 53.0 Å². The molecule has 0 aliphatic heterocycles. The molecule has 0 unspecified atom stereocenters. The Hall–Kier alpha value is -2.23. The highest BCUT2D eigenvalue weighted by atomic mass is 16.4. The van der Waals surface area contributed by atoms with E-state index in [1.54, 1.807) is 13.0 Å². The molecule has 0 bridgehead atoms. The molecule has 4 nitrogen and oxygen atoms in total. The van der Waals surface area contributed by atoms with E-state index in [1.807, 2.05) is 12.1 Å². The molecule has 2 aromatic rings.